The molecule has 1 aromatic rings. The average molecular weight is 292 g/mol. The summed E-state index contributed by atoms with van der Waals surface area (Å²) >= 11 is 0. The number of carbonyl (C=O) groups is 1. The fraction of sp³-hybridized carbons (Fsp3) is 0.562. The standard InChI is InChI=1S/C16H24N2O3/c1-4-20-12-6-7-14(21-5-2)13(10-12)18-15(19)16(3)8-9-17-11-16/h6-7,10,17H,4-5,8-9,11H2,1-3H3,(H,18,19). The molecule has 5 nitrogen and oxygen atoms in total. The molecule has 2 rings (SSSR count). The van der Waals surface area contributed by atoms with Crippen LogP contribution in [-0.4, -0.2) is 32.2 Å². The van der Waals surface area contributed by atoms with Crippen molar-refractivity contribution in [3.63, 3.8) is 0 Å². The molecule has 1 saturated heterocycles. The van der Waals surface area contributed by atoms with Crippen LogP contribution < -0.4 is 20.1 Å². The first-order valence-corrected chi connectivity index (χ1v) is 7.51. The van der Waals surface area contributed by atoms with Crippen molar-refractivity contribution in [3.05, 3.63) is 18.2 Å². The van der Waals surface area contributed by atoms with Gasteiger partial charge in [0.25, 0.3) is 0 Å². The Bertz CT molecular complexity index is 496. The molecule has 1 fully saturated rings. The molecule has 1 amide bonds. The first kappa shape index (κ1) is 15.6. The number of hydrogen-bond acceptors (Lipinski definition) is 4. The summed E-state index contributed by atoms with van der Waals surface area (Å²) < 4.78 is 11.1. The topological polar surface area (TPSA) is 59.6 Å². The van der Waals surface area contributed by atoms with E-state index in [1.165, 1.54) is 0 Å². The van der Waals surface area contributed by atoms with Gasteiger partial charge in [-0.1, -0.05) is 0 Å². The molecular formula is C16H24N2O3. The van der Waals surface area contributed by atoms with Crippen LogP contribution in [0.5, 0.6) is 11.5 Å². The number of hydrogen-bond donors (Lipinski definition) is 2. The fourth-order valence-corrected chi connectivity index (χ4v) is 2.43. The van der Waals surface area contributed by atoms with Gasteiger partial charge in [0.1, 0.15) is 11.5 Å². The zero-order chi connectivity index (χ0) is 15.3. The van der Waals surface area contributed by atoms with Crippen molar-refractivity contribution in [3.8, 4) is 11.5 Å². The molecule has 1 heterocycles. The van der Waals surface area contributed by atoms with Crippen molar-refractivity contribution in [1.29, 1.82) is 0 Å². The Morgan fingerprint density at radius 3 is 2.71 bits per heavy atom. The molecule has 0 bridgehead atoms. The molecule has 0 saturated carbocycles. The Labute approximate surface area is 126 Å². The van der Waals surface area contributed by atoms with Crippen LogP contribution in [0.2, 0.25) is 0 Å². The van der Waals surface area contributed by atoms with E-state index in [1.807, 2.05) is 39.0 Å². The number of ether oxygens (including phenoxy) is 2. The molecule has 1 unspecified atom stereocenters. The molecule has 1 aliphatic rings. The van der Waals surface area contributed by atoms with Crippen LogP contribution in [0.3, 0.4) is 0 Å². The lowest BCUT2D eigenvalue weighted by molar-refractivity contribution is -0.123. The van der Waals surface area contributed by atoms with Gasteiger partial charge in [-0.05, 0) is 45.9 Å². The van der Waals surface area contributed by atoms with E-state index in [2.05, 4.69) is 10.6 Å². The lowest BCUT2D eigenvalue weighted by Crippen LogP contribution is -2.35. The number of amides is 1. The summed E-state index contributed by atoms with van der Waals surface area (Å²) in [5.41, 5.74) is 0.298. The van der Waals surface area contributed by atoms with Gasteiger partial charge in [-0.15, -0.1) is 0 Å². The van der Waals surface area contributed by atoms with Crippen LogP contribution >= 0.6 is 0 Å². The Balaban J connectivity index is 2.19. The highest BCUT2D eigenvalue weighted by atomic mass is 16.5. The van der Waals surface area contributed by atoms with Gasteiger partial charge in [-0.2, -0.15) is 0 Å². The molecule has 2 N–H and O–H groups in total. The largest absolute Gasteiger partial charge is 0.494 e. The molecule has 1 atom stereocenters. The normalized spacial score (nSPS) is 21.1. The Morgan fingerprint density at radius 1 is 1.33 bits per heavy atom. The van der Waals surface area contributed by atoms with Gasteiger partial charge in [-0.25, -0.2) is 0 Å². The lowest BCUT2D eigenvalue weighted by atomic mass is 9.88. The van der Waals surface area contributed by atoms with Crippen LogP contribution in [0.25, 0.3) is 0 Å². The monoisotopic (exact) mass is 292 g/mol. The first-order chi connectivity index (χ1) is 10.1. The second-order valence-electron chi connectivity index (χ2n) is 5.47. The third-order valence-corrected chi connectivity index (χ3v) is 3.73. The van der Waals surface area contributed by atoms with Gasteiger partial charge >= 0.3 is 0 Å². The van der Waals surface area contributed by atoms with E-state index in [4.69, 9.17) is 9.47 Å². The molecule has 1 aromatic carbocycles. The SMILES string of the molecule is CCOc1ccc(OCC)c(NC(=O)C2(C)CCNC2)c1. The molecule has 116 valence electrons. The number of carbonyl (C=O) groups excluding carboxylic acids is 1. The van der Waals surface area contributed by atoms with E-state index >= 15 is 0 Å². The number of nitrogens with one attached hydrogen (secondary N) is 2. The van der Waals surface area contributed by atoms with Gasteiger partial charge in [0.05, 0.1) is 24.3 Å². The predicted octanol–water partition coefficient (Wildman–Crippen LogP) is 2.42. The van der Waals surface area contributed by atoms with Crippen molar-refractivity contribution < 1.29 is 14.3 Å². The second kappa shape index (κ2) is 6.80. The van der Waals surface area contributed by atoms with Crippen molar-refractivity contribution in [2.75, 3.05) is 31.6 Å². The summed E-state index contributed by atoms with van der Waals surface area (Å²) in [6.07, 6.45) is 0.841. The van der Waals surface area contributed by atoms with Gasteiger partial charge in [0, 0.05) is 12.6 Å². The quantitative estimate of drug-likeness (QED) is 0.845. The molecule has 0 spiro atoms. The first-order valence-electron chi connectivity index (χ1n) is 7.51. The predicted molar refractivity (Wildman–Crippen MR) is 83.0 cm³/mol. The van der Waals surface area contributed by atoms with Crippen molar-refractivity contribution in [2.24, 2.45) is 5.41 Å². The number of rotatable bonds is 6. The summed E-state index contributed by atoms with van der Waals surface area (Å²) in [5, 5.41) is 6.23. The summed E-state index contributed by atoms with van der Waals surface area (Å²) in [4.78, 5) is 12.5. The highest BCUT2D eigenvalue weighted by Gasteiger charge is 2.36. The third-order valence-electron chi connectivity index (χ3n) is 3.73. The smallest absolute Gasteiger partial charge is 0.231 e. The highest BCUT2D eigenvalue weighted by Crippen LogP contribution is 2.32. The molecule has 0 aliphatic carbocycles. The summed E-state index contributed by atoms with van der Waals surface area (Å²) in [6.45, 7) is 8.55. The maximum Gasteiger partial charge on any atom is 0.231 e. The van der Waals surface area contributed by atoms with Gasteiger partial charge in [0.2, 0.25) is 5.91 Å². The second-order valence-corrected chi connectivity index (χ2v) is 5.47. The zero-order valence-electron chi connectivity index (χ0n) is 13.0. The van der Waals surface area contributed by atoms with Gasteiger partial charge in [-0.3, -0.25) is 4.79 Å². The Kier molecular flexibility index (Phi) is 5.07. The molecular weight excluding hydrogens is 268 g/mol. The Hall–Kier alpha value is -1.75. The summed E-state index contributed by atoms with van der Waals surface area (Å²) in [5.74, 6) is 1.41. The minimum absolute atomic E-state index is 0.0158. The average Bonchev–Trinajstić information content (AvgIpc) is 2.90. The maximum atomic E-state index is 12.5. The van der Waals surface area contributed by atoms with E-state index in [0.29, 0.717) is 31.2 Å². The van der Waals surface area contributed by atoms with E-state index in [-0.39, 0.29) is 11.3 Å². The minimum Gasteiger partial charge on any atom is -0.494 e. The van der Waals surface area contributed by atoms with Crippen molar-refractivity contribution in [2.45, 2.75) is 27.2 Å². The number of benzene rings is 1. The van der Waals surface area contributed by atoms with Crippen LogP contribution in [-0.2, 0) is 4.79 Å². The minimum atomic E-state index is -0.370. The lowest BCUT2D eigenvalue weighted by Gasteiger charge is -2.22. The van der Waals surface area contributed by atoms with Crippen molar-refractivity contribution >= 4 is 11.6 Å². The fourth-order valence-electron chi connectivity index (χ4n) is 2.43. The van der Waals surface area contributed by atoms with Gasteiger partial charge < -0.3 is 20.1 Å². The van der Waals surface area contributed by atoms with Crippen LogP contribution in [0, 0.1) is 5.41 Å². The summed E-state index contributed by atoms with van der Waals surface area (Å²) in [7, 11) is 0. The molecule has 1 aliphatic heterocycles. The van der Waals surface area contributed by atoms with Crippen molar-refractivity contribution in [1.82, 2.24) is 5.32 Å². The van der Waals surface area contributed by atoms with Crippen LogP contribution in [0.15, 0.2) is 18.2 Å². The Morgan fingerprint density at radius 2 is 2.10 bits per heavy atom. The number of anilines is 1. The van der Waals surface area contributed by atoms with Gasteiger partial charge in [0.15, 0.2) is 0 Å². The molecule has 21 heavy (non-hydrogen) atoms. The highest BCUT2D eigenvalue weighted by molar-refractivity contribution is 5.96. The van der Waals surface area contributed by atoms with E-state index < -0.39 is 0 Å². The maximum absolute atomic E-state index is 12.5. The van der Waals surface area contributed by atoms with Crippen LogP contribution in [0.4, 0.5) is 5.69 Å². The molecule has 0 aromatic heterocycles. The van der Waals surface area contributed by atoms with E-state index in [0.717, 1.165) is 18.7 Å². The summed E-state index contributed by atoms with van der Waals surface area (Å²) in [6, 6.07) is 5.50. The van der Waals surface area contributed by atoms with E-state index in [9.17, 15) is 4.79 Å². The molecule has 0 radical (unpaired) electrons. The van der Waals surface area contributed by atoms with E-state index in [1.54, 1.807) is 0 Å². The third kappa shape index (κ3) is 3.67. The van der Waals surface area contributed by atoms with Crippen LogP contribution in [0.1, 0.15) is 27.2 Å². The molecule has 5 heteroatoms. The zero-order valence-corrected chi connectivity index (χ0v) is 13.0.